The molecule has 68 valence electrons. The fourth-order valence-electron chi connectivity index (χ4n) is 1.25. The number of benzene rings is 1. The summed E-state index contributed by atoms with van der Waals surface area (Å²) in [4.78, 5) is 0. The van der Waals surface area contributed by atoms with E-state index in [1.807, 2.05) is 37.3 Å². The minimum atomic E-state index is -0.478. The Morgan fingerprint density at radius 3 is 2.38 bits per heavy atom. The molecule has 0 saturated heterocycles. The number of hydrogen-bond donors (Lipinski definition) is 1. The lowest BCUT2D eigenvalue weighted by Gasteiger charge is -2.13. The summed E-state index contributed by atoms with van der Waals surface area (Å²) in [7, 11) is 0. The molecular formula is C12H14O. The maximum absolute atomic E-state index is 9.82. The molecule has 0 aliphatic rings. The van der Waals surface area contributed by atoms with Gasteiger partial charge in [-0.05, 0) is 19.4 Å². The molecule has 0 spiro atoms. The molecule has 0 saturated carbocycles. The summed E-state index contributed by atoms with van der Waals surface area (Å²) in [6.07, 6.45) is -0.478. The minimum absolute atomic E-state index is 0.00704. The molecule has 0 aromatic heterocycles. The summed E-state index contributed by atoms with van der Waals surface area (Å²) in [6, 6.07) is 9.61. The minimum Gasteiger partial charge on any atom is -0.387 e. The van der Waals surface area contributed by atoms with Crippen LogP contribution in [-0.2, 0) is 0 Å². The van der Waals surface area contributed by atoms with Gasteiger partial charge in [0.15, 0.2) is 0 Å². The van der Waals surface area contributed by atoms with Crippen molar-refractivity contribution >= 4 is 0 Å². The Balaban J connectivity index is 2.77. The zero-order valence-corrected chi connectivity index (χ0v) is 7.99. The third-order valence-corrected chi connectivity index (χ3v) is 1.99. The van der Waals surface area contributed by atoms with E-state index in [2.05, 4.69) is 11.8 Å². The van der Waals surface area contributed by atoms with Gasteiger partial charge in [-0.25, -0.2) is 0 Å². The van der Waals surface area contributed by atoms with Gasteiger partial charge in [0.05, 0.1) is 6.10 Å². The molecule has 0 fully saturated rings. The Morgan fingerprint density at radius 1 is 1.23 bits per heavy atom. The fraction of sp³-hybridized carbons (Fsp3) is 0.333. The summed E-state index contributed by atoms with van der Waals surface area (Å²) in [5.41, 5.74) is 0.928. The van der Waals surface area contributed by atoms with E-state index in [-0.39, 0.29) is 5.92 Å². The highest BCUT2D eigenvalue weighted by Crippen LogP contribution is 2.20. The standard InChI is InChI=1S/C12H14O/c1-3-7-10(2)12(13)11-8-5-4-6-9-11/h4-6,8-10,12-13H,1-2H3/t10-,12-/m0/s1. The molecule has 0 heterocycles. The molecular weight excluding hydrogens is 160 g/mol. The summed E-state index contributed by atoms with van der Waals surface area (Å²) < 4.78 is 0. The predicted molar refractivity (Wildman–Crippen MR) is 54.0 cm³/mol. The van der Waals surface area contributed by atoms with Crippen LogP contribution in [0.5, 0.6) is 0 Å². The van der Waals surface area contributed by atoms with E-state index >= 15 is 0 Å². The lowest BCUT2D eigenvalue weighted by Crippen LogP contribution is -2.06. The molecule has 1 N–H and O–H groups in total. The SMILES string of the molecule is CC#C[C@H](C)[C@H](O)c1ccccc1. The predicted octanol–water partition coefficient (Wildman–Crippen LogP) is 2.38. The van der Waals surface area contributed by atoms with Gasteiger partial charge in [0.2, 0.25) is 0 Å². The molecule has 0 unspecified atom stereocenters. The van der Waals surface area contributed by atoms with Gasteiger partial charge < -0.3 is 5.11 Å². The van der Waals surface area contributed by atoms with Crippen LogP contribution in [0.15, 0.2) is 30.3 Å². The summed E-state index contributed by atoms with van der Waals surface area (Å²) >= 11 is 0. The number of hydrogen-bond acceptors (Lipinski definition) is 1. The van der Waals surface area contributed by atoms with Gasteiger partial charge in [-0.3, -0.25) is 0 Å². The lowest BCUT2D eigenvalue weighted by atomic mass is 9.98. The average molecular weight is 174 g/mol. The zero-order valence-electron chi connectivity index (χ0n) is 7.99. The topological polar surface area (TPSA) is 20.2 Å². The van der Waals surface area contributed by atoms with Gasteiger partial charge in [-0.2, -0.15) is 0 Å². The van der Waals surface area contributed by atoms with Crippen molar-refractivity contribution in [2.75, 3.05) is 0 Å². The van der Waals surface area contributed by atoms with E-state index < -0.39 is 6.10 Å². The molecule has 1 heteroatoms. The Morgan fingerprint density at radius 2 is 1.85 bits per heavy atom. The van der Waals surface area contributed by atoms with Gasteiger partial charge in [0, 0.05) is 5.92 Å². The highest BCUT2D eigenvalue weighted by atomic mass is 16.3. The average Bonchev–Trinajstić information content (AvgIpc) is 2.18. The Bertz CT molecular complexity index is 305. The van der Waals surface area contributed by atoms with Crippen LogP contribution < -0.4 is 0 Å². The maximum Gasteiger partial charge on any atom is 0.0924 e. The molecule has 1 nitrogen and oxygen atoms in total. The molecule has 0 bridgehead atoms. The van der Waals surface area contributed by atoms with Crippen LogP contribution >= 0.6 is 0 Å². The monoisotopic (exact) mass is 174 g/mol. The molecule has 2 atom stereocenters. The second-order valence-electron chi connectivity index (χ2n) is 3.04. The van der Waals surface area contributed by atoms with Crippen LogP contribution in [0.4, 0.5) is 0 Å². The first-order chi connectivity index (χ1) is 6.25. The summed E-state index contributed by atoms with van der Waals surface area (Å²) in [6.45, 7) is 3.71. The van der Waals surface area contributed by atoms with E-state index in [0.29, 0.717) is 0 Å². The summed E-state index contributed by atoms with van der Waals surface area (Å²) in [5, 5.41) is 9.82. The molecule has 0 aliphatic carbocycles. The van der Waals surface area contributed by atoms with Crippen molar-refractivity contribution < 1.29 is 5.11 Å². The highest BCUT2D eigenvalue weighted by Gasteiger charge is 2.12. The van der Waals surface area contributed by atoms with Crippen LogP contribution in [0.1, 0.15) is 25.5 Å². The molecule has 1 aromatic rings. The normalized spacial score (nSPS) is 14.1. The van der Waals surface area contributed by atoms with Gasteiger partial charge in [0.25, 0.3) is 0 Å². The maximum atomic E-state index is 9.82. The van der Waals surface area contributed by atoms with E-state index in [1.54, 1.807) is 6.92 Å². The molecule has 0 aliphatic heterocycles. The molecule has 0 amide bonds. The van der Waals surface area contributed by atoms with Crippen molar-refractivity contribution in [2.45, 2.75) is 20.0 Å². The van der Waals surface area contributed by atoms with Crippen LogP contribution in [0.25, 0.3) is 0 Å². The molecule has 1 rings (SSSR count). The van der Waals surface area contributed by atoms with E-state index in [9.17, 15) is 5.11 Å². The molecule has 1 aromatic carbocycles. The smallest absolute Gasteiger partial charge is 0.0924 e. The van der Waals surface area contributed by atoms with Crippen molar-refractivity contribution in [3.63, 3.8) is 0 Å². The first-order valence-corrected chi connectivity index (χ1v) is 4.41. The molecule has 13 heavy (non-hydrogen) atoms. The van der Waals surface area contributed by atoms with Gasteiger partial charge in [0.1, 0.15) is 0 Å². The highest BCUT2D eigenvalue weighted by molar-refractivity contribution is 5.20. The van der Waals surface area contributed by atoms with Crippen LogP contribution in [-0.4, -0.2) is 5.11 Å². The third kappa shape index (κ3) is 2.61. The fourth-order valence-corrected chi connectivity index (χ4v) is 1.25. The van der Waals surface area contributed by atoms with Crippen LogP contribution in [0.2, 0.25) is 0 Å². The van der Waals surface area contributed by atoms with E-state index in [0.717, 1.165) is 5.56 Å². The first kappa shape index (κ1) is 9.83. The molecule has 0 radical (unpaired) electrons. The van der Waals surface area contributed by atoms with Crippen LogP contribution in [0, 0.1) is 17.8 Å². The second kappa shape index (κ2) is 4.69. The third-order valence-electron chi connectivity index (χ3n) is 1.99. The van der Waals surface area contributed by atoms with Gasteiger partial charge in [-0.15, -0.1) is 5.92 Å². The van der Waals surface area contributed by atoms with E-state index in [1.165, 1.54) is 0 Å². The Hall–Kier alpha value is -1.26. The van der Waals surface area contributed by atoms with Gasteiger partial charge >= 0.3 is 0 Å². The van der Waals surface area contributed by atoms with Crippen LogP contribution in [0.3, 0.4) is 0 Å². The Labute approximate surface area is 79.4 Å². The van der Waals surface area contributed by atoms with Crippen molar-refractivity contribution in [2.24, 2.45) is 5.92 Å². The number of aliphatic hydroxyl groups is 1. The van der Waals surface area contributed by atoms with E-state index in [4.69, 9.17) is 0 Å². The van der Waals surface area contributed by atoms with Gasteiger partial charge in [-0.1, -0.05) is 36.3 Å². The number of rotatable bonds is 2. The van der Waals surface area contributed by atoms with Crippen molar-refractivity contribution in [1.82, 2.24) is 0 Å². The largest absolute Gasteiger partial charge is 0.387 e. The van der Waals surface area contributed by atoms with Crippen molar-refractivity contribution in [3.8, 4) is 11.8 Å². The zero-order chi connectivity index (χ0) is 9.68. The summed E-state index contributed by atoms with van der Waals surface area (Å²) in [5.74, 6) is 5.74. The Kier molecular flexibility index (Phi) is 3.54. The lowest BCUT2D eigenvalue weighted by molar-refractivity contribution is 0.143. The number of aliphatic hydroxyl groups excluding tert-OH is 1. The quantitative estimate of drug-likeness (QED) is 0.682. The van der Waals surface area contributed by atoms with Crippen molar-refractivity contribution in [1.29, 1.82) is 0 Å². The first-order valence-electron chi connectivity index (χ1n) is 4.41. The van der Waals surface area contributed by atoms with Crippen molar-refractivity contribution in [3.05, 3.63) is 35.9 Å². The second-order valence-corrected chi connectivity index (χ2v) is 3.04.